The highest BCUT2D eigenvalue weighted by Crippen LogP contribution is 2.21. The Labute approximate surface area is 66.6 Å². The second-order valence-electron chi connectivity index (χ2n) is 3.08. The highest BCUT2D eigenvalue weighted by Gasteiger charge is 2.17. The molecule has 0 amide bonds. The van der Waals surface area contributed by atoms with E-state index in [1.807, 2.05) is 6.20 Å². The molecule has 2 rings (SSSR count). The summed E-state index contributed by atoms with van der Waals surface area (Å²) in [4.78, 5) is 3.25. The Hall–Kier alpha value is -0.760. The molecule has 1 unspecified atom stereocenters. The van der Waals surface area contributed by atoms with E-state index in [1.165, 1.54) is 11.3 Å². The minimum absolute atomic E-state index is 0.443. The average molecular weight is 151 g/mol. The highest BCUT2D eigenvalue weighted by atomic mass is 16.5. The molecule has 1 aromatic heterocycles. The zero-order valence-corrected chi connectivity index (χ0v) is 6.76. The van der Waals surface area contributed by atoms with Crippen LogP contribution in [0, 0.1) is 0 Å². The number of methoxy groups -OCH3 is 1. The van der Waals surface area contributed by atoms with Gasteiger partial charge in [0.25, 0.3) is 0 Å². The zero-order chi connectivity index (χ0) is 7.68. The molecule has 0 aromatic carbocycles. The van der Waals surface area contributed by atoms with Gasteiger partial charge in [-0.25, -0.2) is 0 Å². The first kappa shape index (κ1) is 6.92. The van der Waals surface area contributed by atoms with Crippen molar-refractivity contribution >= 4 is 0 Å². The van der Waals surface area contributed by atoms with Crippen LogP contribution in [0.1, 0.15) is 17.7 Å². The number of hydrogen-bond donors (Lipinski definition) is 1. The van der Waals surface area contributed by atoms with E-state index in [2.05, 4.69) is 11.1 Å². The maximum Gasteiger partial charge on any atom is 0.0616 e. The van der Waals surface area contributed by atoms with Crippen LogP contribution in [-0.2, 0) is 17.6 Å². The Morgan fingerprint density at radius 1 is 1.64 bits per heavy atom. The van der Waals surface area contributed by atoms with Crippen LogP contribution >= 0.6 is 0 Å². The van der Waals surface area contributed by atoms with Crippen LogP contribution in [0.15, 0.2) is 12.3 Å². The van der Waals surface area contributed by atoms with Crippen LogP contribution in [0.3, 0.4) is 0 Å². The van der Waals surface area contributed by atoms with E-state index in [0.29, 0.717) is 6.10 Å². The van der Waals surface area contributed by atoms with E-state index in [0.717, 1.165) is 19.3 Å². The summed E-state index contributed by atoms with van der Waals surface area (Å²) in [5.74, 6) is 0. The number of hydrogen-bond acceptors (Lipinski definition) is 1. The molecule has 0 saturated carbocycles. The summed E-state index contributed by atoms with van der Waals surface area (Å²) in [5.41, 5.74) is 2.83. The molecule has 0 fully saturated rings. The van der Waals surface area contributed by atoms with Crippen LogP contribution in [-0.4, -0.2) is 18.2 Å². The first-order valence-electron chi connectivity index (χ1n) is 4.08. The van der Waals surface area contributed by atoms with Gasteiger partial charge in [0.05, 0.1) is 6.10 Å². The van der Waals surface area contributed by atoms with Gasteiger partial charge in [-0.3, -0.25) is 0 Å². The third kappa shape index (κ3) is 1.18. The van der Waals surface area contributed by atoms with Gasteiger partial charge in [-0.05, 0) is 24.5 Å². The fourth-order valence-corrected chi connectivity index (χ4v) is 1.71. The molecule has 0 bridgehead atoms. The lowest BCUT2D eigenvalue weighted by Crippen LogP contribution is -2.20. The van der Waals surface area contributed by atoms with E-state index in [9.17, 15) is 0 Å². The number of aromatic nitrogens is 1. The molecule has 60 valence electrons. The molecule has 0 radical (unpaired) electrons. The lowest BCUT2D eigenvalue weighted by atomic mass is 9.96. The van der Waals surface area contributed by atoms with Crippen LogP contribution in [0.5, 0.6) is 0 Å². The summed E-state index contributed by atoms with van der Waals surface area (Å²) in [5, 5.41) is 0. The molecule has 1 atom stereocenters. The molecular weight excluding hydrogens is 138 g/mol. The van der Waals surface area contributed by atoms with Crippen molar-refractivity contribution in [2.45, 2.75) is 25.4 Å². The Morgan fingerprint density at radius 3 is 3.36 bits per heavy atom. The average Bonchev–Trinajstić information content (AvgIpc) is 2.50. The molecule has 11 heavy (non-hydrogen) atoms. The summed E-state index contributed by atoms with van der Waals surface area (Å²) < 4.78 is 5.30. The third-order valence-corrected chi connectivity index (χ3v) is 2.43. The van der Waals surface area contributed by atoms with Gasteiger partial charge in [0.2, 0.25) is 0 Å². The normalized spacial score (nSPS) is 23.2. The molecule has 1 aromatic rings. The van der Waals surface area contributed by atoms with E-state index in [1.54, 1.807) is 7.11 Å². The summed E-state index contributed by atoms with van der Waals surface area (Å²) in [7, 11) is 1.79. The summed E-state index contributed by atoms with van der Waals surface area (Å²) >= 11 is 0. The Kier molecular flexibility index (Phi) is 1.70. The molecule has 1 heterocycles. The van der Waals surface area contributed by atoms with Gasteiger partial charge in [-0.2, -0.15) is 0 Å². The zero-order valence-electron chi connectivity index (χ0n) is 6.76. The predicted molar refractivity (Wildman–Crippen MR) is 43.6 cm³/mol. The number of fused-ring (bicyclic) bond motifs is 1. The number of rotatable bonds is 1. The van der Waals surface area contributed by atoms with Gasteiger partial charge >= 0.3 is 0 Å². The first-order chi connectivity index (χ1) is 5.40. The van der Waals surface area contributed by atoms with Crippen LogP contribution in [0.25, 0.3) is 0 Å². The fourth-order valence-electron chi connectivity index (χ4n) is 1.71. The molecule has 1 N–H and O–H groups in total. The van der Waals surface area contributed by atoms with E-state index >= 15 is 0 Å². The molecule has 1 aliphatic rings. The van der Waals surface area contributed by atoms with Gasteiger partial charge in [0.1, 0.15) is 0 Å². The molecule has 1 aliphatic carbocycles. The van der Waals surface area contributed by atoms with Crippen molar-refractivity contribution in [2.24, 2.45) is 0 Å². The minimum atomic E-state index is 0.443. The lowest BCUT2D eigenvalue weighted by molar-refractivity contribution is 0.0909. The Morgan fingerprint density at radius 2 is 2.55 bits per heavy atom. The van der Waals surface area contributed by atoms with Gasteiger partial charge in [0, 0.05) is 25.4 Å². The van der Waals surface area contributed by atoms with Gasteiger partial charge < -0.3 is 9.72 Å². The van der Waals surface area contributed by atoms with E-state index in [4.69, 9.17) is 4.74 Å². The maximum atomic E-state index is 5.30. The van der Waals surface area contributed by atoms with Gasteiger partial charge in [-0.15, -0.1) is 0 Å². The van der Waals surface area contributed by atoms with Crippen molar-refractivity contribution < 1.29 is 4.74 Å². The smallest absolute Gasteiger partial charge is 0.0616 e. The van der Waals surface area contributed by atoms with Crippen molar-refractivity contribution in [1.82, 2.24) is 4.98 Å². The van der Waals surface area contributed by atoms with Crippen molar-refractivity contribution in [1.29, 1.82) is 0 Å². The Bertz CT molecular complexity index is 241. The monoisotopic (exact) mass is 151 g/mol. The Balaban J connectivity index is 2.18. The van der Waals surface area contributed by atoms with Crippen LogP contribution < -0.4 is 0 Å². The van der Waals surface area contributed by atoms with E-state index < -0.39 is 0 Å². The van der Waals surface area contributed by atoms with Gasteiger partial charge in [0.15, 0.2) is 0 Å². The van der Waals surface area contributed by atoms with E-state index in [-0.39, 0.29) is 0 Å². The first-order valence-corrected chi connectivity index (χ1v) is 4.08. The SMILES string of the molecule is COC1CCc2[nH]ccc2C1. The molecular formula is C9H13NO. The summed E-state index contributed by atoms with van der Waals surface area (Å²) in [6.45, 7) is 0. The second-order valence-corrected chi connectivity index (χ2v) is 3.08. The highest BCUT2D eigenvalue weighted by molar-refractivity contribution is 5.24. The molecule has 0 spiro atoms. The number of aromatic amines is 1. The van der Waals surface area contributed by atoms with Crippen molar-refractivity contribution in [2.75, 3.05) is 7.11 Å². The van der Waals surface area contributed by atoms with Gasteiger partial charge in [-0.1, -0.05) is 0 Å². The quantitative estimate of drug-likeness (QED) is 0.646. The molecule has 0 saturated heterocycles. The largest absolute Gasteiger partial charge is 0.381 e. The summed E-state index contributed by atoms with van der Waals surface area (Å²) in [6, 6.07) is 2.15. The van der Waals surface area contributed by atoms with Crippen LogP contribution in [0.4, 0.5) is 0 Å². The van der Waals surface area contributed by atoms with Crippen molar-refractivity contribution in [3.63, 3.8) is 0 Å². The third-order valence-electron chi connectivity index (χ3n) is 2.43. The second kappa shape index (κ2) is 2.70. The predicted octanol–water partition coefficient (Wildman–Crippen LogP) is 1.52. The number of H-pyrrole nitrogens is 1. The molecule has 2 nitrogen and oxygen atoms in total. The standard InChI is InChI=1S/C9H13NO/c1-11-8-2-3-9-7(6-8)4-5-10-9/h4-5,8,10H,2-3,6H2,1H3. The number of nitrogens with one attached hydrogen (secondary N) is 1. The summed E-state index contributed by atoms with van der Waals surface area (Å²) in [6.07, 6.45) is 5.83. The molecule has 0 aliphatic heterocycles. The van der Waals surface area contributed by atoms with Crippen LogP contribution in [0.2, 0.25) is 0 Å². The van der Waals surface area contributed by atoms with Crippen molar-refractivity contribution in [3.8, 4) is 0 Å². The number of ether oxygens (including phenoxy) is 1. The maximum absolute atomic E-state index is 5.30. The number of aryl methyl sites for hydroxylation is 1. The lowest BCUT2D eigenvalue weighted by Gasteiger charge is -2.20. The fraction of sp³-hybridized carbons (Fsp3) is 0.556. The molecule has 2 heteroatoms. The topological polar surface area (TPSA) is 25.0 Å². The minimum Gasteiger partial charge on any atom is -0.381 e. The van der Waals surface area contributed by atoms with Crippen molar-refractivity contribution in [3.05, 3.63) is 23.5 Å².